The van der Waals surface area contributed by atoms with E-state index in [9.17, 15) is 24.3 Å². The molecule has 0 aliphatic carbocycles. The predicted octanol–water partition coefficient (Wildman–Crippen LogP) is -0.247. The van der Waals surface area contributed by atoms with E-state index in [-0.39, 0.29) is 19.6 Å². The van der Waals surface area contributed by atoms with Crippen LogP contribution in [0.5, 0.6) is 0 Å². The van der Waals surface area contributed by atoms with E-state index in [1.54, 1.807) is 31.2 Å². The van der Waals surface area contributed by atoms with E-state index in [2.05, 4.69) is 10.6 Å². The molecule has 10 nitrogen and oxygen atoms in total. The van der Waals surface area contributed by atoms with Crippen molar-refractivity contribution in [2.75, 3.05) is 13.2 Å². The smallest absolute Gasteiger partial charge is 0.408 e. The second-order valence-corrected chi connectivity index (χ2v) is 5.79. The molecular formula is C19H25N3O7. The molecule has 0 bridgehead atoms. The second-order valence-electron chi connectivity index (χ2n) is 5.79. The van der Waals surface area contributed by atoms with Crippen molar-refractivity contribution in [3.05, 3.63) is 48.0 Å². The maximum absolute atomic E-state index is 12.2. The second kappa shape index (κ2) is 12.9. The summed E-state index contributed by atoms with van der Waals surface area (Å²) in [5, 5.41) is 13.9. The van der Waals surface area contributed by atoms with Crippen molar-refractivity contribution in [3.8, 4) is 0 Å². The van der Waals surface area contributed by atoms with Crippen LogP contribution in [0, 0.1) is 0 Å². The summed E-state index contributed by atoms with van der Waals surface area (Å²) < 4.78 is 9.68. The minimum Gasteiger partial charge on any atom is -0.463 e. The normalized spacial score (nSPS) is 12.6. The third kappa shape index (κ3) is 9.38. The fraction of sp³-hybridized carbons (Fsp3) is 0.368. The number of carbonyl (C=O) groups is 4. The molecule has 10 heteroatoms. The lowest BCUT2D eigenvalue weighted by Crippen LogP contribution is -2.54. The molecule has 0 aliphatic heterocycles. The van der Waals surface area contributed by atoms with E-state index in [4.69, 9.17) is 15.2 Å². The van der Waals surface area contributed by atoms with Crippen LogP contribution in [-0.2, 0) is 30.5 Å². The third-order valence-corrected chi connectivity index (χ3v) is 3.58. The van der Waals surface area contributed by atoms with Crippen LogP contribution < -0.4 is 16.4 Å². The van der Waals surface area contributed by atoms with Crippen LogP contribution in [0.2, 0.25) is 0 Å². The summed E-state index contributed by atoms with van der Waals surface area (Å²) >= 11 is 0. The van der Waals surface area contributed by atoms with Crippen LogP contribution in [-0.4, -0.2) is 54.3 Å². The Morgan fingerprint density at radius 3 is 2.38 bits per heavy atom. The number of primary amides is 1. The highest BCUT2D eigenvalue weighted by Gasteiger charge is 2.25. The number of ether oxygens (including phenoxy) is 2. The van der Waals surface area contributed by atoms with Gasteiger partial charge in [-0.15, -0.1) is 0 Å². The lowest BCUT2D eigenvalue weighted by Gasteiger charge is -2.19. The Kier molecular flexibility index (Phi) is 10.5. The first-order valence-corrected chi connectivity index (χ1v) is 8.88. The van der Waals surface area contributed by atoms with Crippen molar-refractivity contribution in [1.82, 2.24) is 10.6 Å². The highest BCUT2D eigenvalue weighted by Crippen LogP contribution is 2.01. The van der Waals surface area contributed by atoms with Crippen LogP contribution in [0.25, 0.3) is 0 Å². The van der Waals surface area contributed by atoms with Gasteiger partial charge in [0.05, 0.1) is 13.2 Å². The number of aliphatic hydroxyl groups is 1. The summed E-state index contributed by atoms with van der Waals surface area (Å²) in [6.45, 7) is 1.10. The van der Waals surface area contributed by atoms with E-state index < -0.39 is 42.6 Å². The van der Waals surface area contributed by atoms with Crippen LogP contribution >= 0.6 is 0 Å². The highest BCUT2D eigenvalue weighted by molar-refractivity contribution is 5.91. The minimum atomic E-state index is -1.35. The first-order chi connectivity index (χ1) is 13.9. The van der Waals surface area contributed by atoms with E-state index >= 15 is 0 Å². The van der Waals surface area contributed by atoms with Gasteiger partial charge in [-0.3, -0.25) is 9.59 Å². The average Bonchev–Trinajstić information content (AvgIpc) is 2.70. The zero-order valence-corrected chi connectivity index (χ0v) is 16.0. The molecule has 1 rings (SSSR count). The molecular weight excluding hydrogens is 382 g/mol. The van der Waals surface area contributed by atoms with Gasteiger partial charge in [0.25, 0.3) is 0 Å². The molecule has 2 atom stereocenters. The van der Waals surface area contributed by atoms with Crippen molar-refractivity contribution >= 4 is 23.9 Å². The molecule has 0 unspecified atom stereocenters. The van der Waals surface area contributed by atoms with Gasteiger partial charge in [-0.05, 0) is 18.9 Å². The minimum absolute atomic E-state index is 0.0188. The maximum Gasteiger partial charge on any atom is 0.408 e. The Morgan fingerprint density at radius 2 is 1.79 bits per heavy atom. The monoisotopic (exact) mass is 407 g/mol. The molecule has 5 N–H and O–H groups in total. The summed E-state index contributed by atoms with van der Waals surface area (Å²) in [5.41, 5.74) is 5.98. The zero-order chi connectivity index (χ0) is 21.6. The SMILES string of the molecule is CCOC(=O)/C=C/C[C@@H](NC(=O)[C@H](CO)NC(=O)OCc1ccccc1)C(N)=O. The molecule has 0 radical (unpaired) electrons. The first kappa shape index (κ1) is 23.6. The van der Waals surface area contributed by atoms with Gasteiger partial charge in [0.15, 0.2) is 0 Å². The molecule has 0 saturated heterocycles. The average molecular weight is 407 g/mol. The molecule has 0 saturated carbocycles. The van der Waals surface area contributed by atoms with Gasteiger partial charge in [-0.25, -0.2) is 9.59 Å². The number of esters is 1. The number of hydrogen-bond acceptors (Lipinski definition) is 7. The van der Waals surface area contributed by atoms with Crippen molar-refractivity contribution in [2.24, 2.45) is 5.73 Å². The number of nitrogens with two attached hydrogens (primary N) is 1. The third-order valence-electron chi connectivity index (χ3n) is 3.58. The van der Waals surface area contributed by atoms with Gasteiger partial charge >= 0.3 is 12.1 Å². The number of carbonyl (C=O) groups excluding carboxylic acids is 4. The summed E-state index contributed by atoms with van der Waals surface area (Å²) in [6, 6.07) is 6.38. The van der Waals surface area contributed by atoms with Crippen LogP contribution in [0.3, 0.4) is 0 Å². The van der Waals surface area contributed by atoms with Gasteiger partial charge in [-0.1, -0.05) is 36.4 Å². The van der Waals surface area contributed by atoms with E-state index in [1.165, 1.54) is 6.08 Å². The molecule has 158 valence electrons. The summed E-state index contributed by atoms with van der Waals surface area (Å²) in [6.07, 6.45) is 1.44. The molecule has 29 heavy (non-hydrogen) atoms. The van der Waals surface area contributed by atoms with Gasteiger partial charge < -0.3 is 30.9 Å². The van der Waals surface area contributed by atoms with Crippen LogP contribution in [0.1, 0.15) is 18.9 Å². The van der Waals surface area contributed by atoms with Crippen LogP contribution in [0.4, 0.5) is 4.79 Å². The van der Waals surface area contributed by atoms with E-state index in [0.717, 1.165) is 11.6 Å². The van der Waals surface area contributed by atoms with Gasteiger partial charge in [-0.2, -0.15) is 0 Å². The fourth-order valence-electron chi connectivity index (χ4n) is 2.11. The van der Waals surface area contributed by atoms with E-state index in [1.807, 2.05) is 6.07 Å². The van der Waals surface area contributed by atoms with Gasteiger partial charge in [0.2, 0.25) is 11.8 Å². The zero-order valence-electron chi connectivity index (χ0n) is 16.0. The highest BCUT2D eigenvalue weighted by atomic mass is 16.5. The first-order valence-electron chi connectivity index (χ1n) is 8.88. The topological polar surface area (TPSA) is 157 Å². The quantitative estimate of drug-likeness (QED) is 0.291. The summed E-state index contributed by atoms with van der Waals surface area (Å²) in [7, 11) is 0. The molecule has 1 aromatic rings. The Morgan fingerprint density at radius 1 is 1.10 bits per heavy atom. The number of alkyl carbamates (subject to hydrolysis) is 1. The molecule has 0 fully saturated rings. The van der Waals surface area contributed by atoms with Crippen molar-refractivity contribution in [2.45, 2.75) is 32.0 Å². The largest absolute Gasteiger partial charge is 0.463 e. The predicted molar refractivity (Wildman–Crippen MR) is 102 cm³/mol. The maximum atomic E-state index is 12.2. The molecule has 3 amide bonds. The lowest BCUT2D eigenvalue weighted by atomic mass is 10.1. The number of hydrogen-bond donors (Lipinski definition) is 4. The van der Waals surface area contributed by atoms with E-state index in [0.29, 0.717) is 0 Å². The Hall–Kier alpha value is -3.40. The number of amides is 3. The Labute approximate surface area is 168 Å². The summed E-state index contributed by atoms with van der Waals surface area (Å²) in [4.78, 5) is 46.8. The fourth-order valence-corrected chi connectivity index (χ4v) is 2.11. The molecule has 1 aromatic carbocycles. The molecule has 0 aromatic heterocycles. The van der Waals surface area contributed by atoms with Crippen molar-refractivity contribution < 1.29 is 33.8 Å². The molecule has 0 spiro atoms. The lowest BCUT2D eigenvalue weighted by molar-refractivity contribution is -0.137. The Balaban J connectivity index is 2.56. The standard InChI is InChI=1S/C19H25N3O7/c1-2-28-16(24)10-6-9-14(17(20)25)21-18(26)15(11-23)22-19(27)29-12-13-7-4-3-5-8-13/h3-8,10,14-15,23H,2,9,11-12H2,1H3,(H2,20,25)(H,21,26)(H,22,27)/b10-6+/t14-,15+/m1/s1. The van der Waals surface area contributed by atoms with Crippen molar-refractivity contribution in [1.29, 1.82) is 0 Å². The number of rotatable bonds is 11. The number of nitrogens with one attached hydrogen (secondary N) is 2. The van der Waals surface area contributed by atoms with Crippen LogP contribution in [0.15, 0.2) is 42.5 Å². The van der Waals surface area contributed by atoms with Crippen molar-refractivity contribution in [3.63, 3.8) is 0 Å². The van der Waals surface area contributed by atoms with Gasteiger partial charge in [0, 0.05) is 6.08 Å². The number of benzene rings is 1. The van der Waals surface area contributed by atoms with Gasteiger partial charge in [0.1, 0.15) is 18.7 Å². The summed E-state index contributed by atoms with van der Waals surface area (Å²) in [5.74, 6) is -2.29. The molecule has 0 aliphatic rings. The number of aliphatic hydroxyl groups excluding tert-OH is 1. The molecule has 0 heterocycles. The Bertz CT molecular complexity index is 722.